The molecule has 0 fully saturated rings. The average molecular weight is 704 g/mol. The van der Waals surface area contributed by atoms with Gasteiger partial charge in [-0.05, 0) is 102 Å². The molecule has 0 saturated carbocycles. The van der Waals surface area contributed by atoms with E-state index in [0.29, 0.717) is 0 Å². The van der Waals surface area contributed by atoms with Crippen LogP contribution < -0.4 is 4.90 Å². The molecule has 1 heterocycles. The highest BCUT2D eigenvalue weighted by molar-refractivity contribution is 7.27. The minimum Gasteiger partial charge on any atom is -0.309 e. The molecular formula is C52H33NS. The van der Waals surface area contributed by atoms with Crippen molar-refractivity contribution in [3.8, 4) is 22.3 Å². The number of benzene rings is 10. The van der Waals surface area contributed by atoms with Crippen molar-refractivity contribution in [3.63, 3.8) is 0 Å². The third kappa shape index (κ3) is 4.99. The number of thiophene rings is 1. The maximum Gasteiger partial charge on any atom is 0.0640 e. The summed E-state index contributed by atoms with van der Waals surface area (Å²) in [5.41, 5.74) is 8.27. The highest BCUT2D eigenvalue weighted by Gasteiger charge is 2.19. The molecule has 0 amide bonds. The lowest BCUT2D eigenvalue weighted by Gasteiger charge is -2.26. The van der Waals surface area contributed by atoms with Crippen molar-refractivity contribution in [1.29, 1.82) is 0 Å². The Morgan fingerprint density at radius 2 is 0.796 bits per heavy atom. The third-order valence-corrected chi connectivity index (χ3v) is 12.3. The van der Waals surface area contributed by atoms with Crippen molar-refractivity contribution in [2.24, 2.45) is 0 Å². The van der Waals surface area contributed by atoms with Gasteiger partial charge in [-0.1, -0.05) is 164 Å². The monoisotopic (exact) mass is 703 g/mol. The van der Waals surface area contributed by atoms with Crippen molar-refractivity contribution in [3.05, 3.63) is 200 Å². The molecule has 0 unspecified atom stereocenters. The van der Waals surface area contributed by atoms with E-state index in [1.54, 1.807) is 0 Å². The molecule has 1 aromatic heterocycles. The second-order valence-electron chi connectivity index (χ2n) is 14.1. The summed E-state index contributed by atoms with van der Waals surface area (Å²) in [6, 6.07) is 73.4. The van der Waals surface area contributed by atoms with Crippen LogP contribution in [0.2, 0.25) is 0 Å². The molecule has 0 radical (unpaired) electrons. The highest BCUT2D eigenvalue weighted by Crippen LogP contribution is 2.47. The Morgan fingerprint density at radius 3 is 1.56 bits per heavy atom. The van der Waals surface area contributed by atoms with Gasteiger partial charge in [-0.2, -0.15) is 0 Å². The average Bonchev–Trinajstić information content (AvgIpc) is 3.64. The van der Waals surface area contributed by atoms with E-state index in [0.717, 1.165) is 11.4 Å². The van der Waals surface area contributed by atoms with E-state index in [1.807, 2.05) is 11.3 Å². The number of hydrogen-bond acceptors (Lipinski definition) is 2. The Morgan fingerprint density at radius 1 is 0.296 bits per heavy atom. The molecule has 0 spiro atoms. The molecule has 2 heteroatoms. The largest absolute Gasteiger partial charge is 0.309 e. The molecule has 0 bridgehead atoms. The second-order valence-corrected chi connectivity index (χ2v) is 15.1. The van der Waals surface area contributed by atoms with E-state index in [2.05, 4.69) is 205 Å². The van der Waals surface area contributed by atoms with Crippen molar-refractivity contribution < 1.29 is 0 Å². The van der Waals surface area contributed by atoms with E-state index < -0.39 is 0 Å². The molecule has 11 rings (SSSR count). The second kappa shape index (κ2) is 12.4. The summed E-state index contributed by atoms with van der Waals surface area (Å²) < 4.78 is 2.62. The Bertz CT molecular complexity index is 3190. The smallest absolute Gasteiger partial charge is 0.0640 e. The predicted octanol–water partition coefficient (Wildman–Crippen LogP) is 15.5. The third-order valence-electron chi connectivity index (χ3n) is 11.0. The molecule has 0 aliphatic carbocycles. The van der Waals surface area contributed by atoms with Crippen LogP contribution in [0, 0.1) is 0 Å². The molecule has 11 aromatic rings. The first-order valence-electron chi connectivity index (χ1n) is 18.5. The first kappa shape index (κ1) is 30.8. The van der Waals surface area contributed by atoms with Crippen LogP contribution in [0.1, 0.15) is 0 Å². The summed E-state index contributed by atoms with van der Waals surface area (Å²) in [4.78, 5) is 2.43. The normalized spacial score (nSPS) is 11.7. The van der Waals surface area contributed by atoms with E-state index in [-0.39, 0.29) is 0 Å². The van der Waals surface area contributed by atoms with Crippen LogP contribution >= 0.6 is 11.3 Å². The Kier molecular flexibility index (Phi) is 7.11. The Hall–Kier alpha value is -6.74. The minimum atomic E-state index is 1.12. The van der Waals surface area contributed by atoms with Crippen LogP contribution in [0.3, 0.4) is 0 Å². The predicted molar refractivity (Wildman–Crippen MR) is 235 cm³/mol. The number of hydrogen-bond donors (Lipinski definition) is 0. The summed E-state index contributed by atoms with van der Waals surface area (Å²) in [6.07, 6.45) is 0. The van der Waals surface area contributed by atoms with Gasteiger partial charge in [0.2, 0.25) is 0 Å². The quantitative estimate of drug-likeness (QED) is 0.161. The lowest BCUT2D eigenvalue weighted by atomic mass is 9.94. The maximum absolute atomic E-state index is 2.43. The number of nitrogens with zero attached hydrogens (tertiary/aromatic N) is 1. The lowest BCUT2D eigenvalue weighted by molar-refractivity contribution is 1.30. The lowest BCUT2D eigenvalue weighted by Crippen LogP contribution is -2.10. The zero-order valence-electron chi connectivity index (χ0n) is 29.4. The molecule has 0 saturated heterocycles. The maximum atomic E-state index is 2.43. The van der Waals surface area contributed by atoms with E-state index >= 15 is 0 Å². The van der Waals surface area contributed by atoms with Gasteiger partial charge in [0.05, 0.1) is 10.4 Å². The van der Waals surface area contributed by atoms with Crippen LogP contribution in [0.15, 0.2) is 200 Å². The van der Waals surface area contributed by atoms with Gasteiger partial charge in [-0.3, -0.25) is 0 Å². The van der Waals surface area contributed by atoms with Crippen molar-refractivity contribution in [1.82, 2.24) is 0 Å². The van der Waals surface area contributed by atoms with Crippen LogP contribution in [0.4, 0.5) is 17.1 Å². The number of fused-ring (bicyclic) bond motifs is 10. The molecular weight excluding hydrogens is 671 g/mol. The topological polar surface area (TPSA) is 3.24 Å². The van der Waals surface area contributed by atoms with Crippen LogP contribution in [-0.4, -0.2) is 0 Å². The van der Waals surface area contributed by atoms with Gasteiger partial charge in [0.15, 0.2) is 0 Å². The van der Waals surface area contributed by atoms with Crippen LogP contribution in [0.25, 0.3) is 85.5 Å². The molecule has 0 aliphatic rings. The summed E-state index contributed by atoms with van der Waals surface area (Å²) in [6.45, 7) is 0. The Labute approximate surface area is 317 Å². The molecule has 1 nitrogen and oxygen atoms in total. The molecule has 54 heavy (non-hydrogen) atoms. The zero-order chi connectivity index (χ0) is 35.6. The molecule has 10 aromatic carbocycles. The zero-order valence-corrected chi connectivity index (χ0v) is 30.2. The molecule has 0 atom stereocenters. The molecule has 0 N–H and O–H groups in total. The van der Waals surface area contributed by atoms with Gasteiger partial charge < -0.3 is 4.90 Å². The van der Waals surface area contributed by atoms with Crippen molar-refractivity contribution in [2.75, 3.05) is 4.90 Å². The molecule has 252 valence electrons. The standard InChI is InChI=1S/C52H33NS/c1-2-9-34(10-3-1)35-21-27-42(28-22-35)53(49-16-8-15-47-48-32-25-38-12-5-7-14-46(38)51(48)54-52(47)49)43-29-23-36(24-30-43)40-26-31-45-41(33-40)20-19-39-18-17-37-11-4-6-13-44(37)50(39)45/h1-33H. The van der Waals surface area contributed by atoms with Gasteiger partial charge in [0, 0.05) is 26.8 Å². The van der Waals surface area contributed by atoms with Gasteiger partial charge in [-0.25, -0.2) is 0 Å². The van der Waals surface area contributed by atoms with E-state index in [9.17, 15) is 0 Å². The van der Waals surface area contributed by atoms with Crippen LogP contribution in [0.5, 0.6) is 0 Å². The minimum absolute atomic E-state index is 1.12. The van der Waals surface area contributed by atoms with E-state index in [4.69, 9.17) is 0 Å². The SMILES string of the molecule is c1ccc(-c2ccc(N(c3ccc(-c4ccc5c(ccc6ccc7ccccc7c65)c4)cc3)c3cccc4c3sc3c5ccccc5ccc43)cc2)cc1. The fraction of sp³-hybridized carbons (Fsp3) is 0. The molecule has 0 aliphatic heterocycles. The van der Waals surface area contributed by atoms with Crippen LogP contribution in [-0.2, 0) is 0 Å². The fourth-order valence-electron chi connectivity index (χ4n) is 8.37. The summed E-state index contributed by atoms with van der Waals surface area (Å²) in [7, 11) is 0. The summed E-state index contributed by atoms with van der Waals surface area (Å²) in [5.74, 6) is 0. The summed E-state index contributed by atoms with van der Waals surface area (Å²) in [5, 5.41) is 12.9. The van der Waals surface area contributed by atoms with Crippen molar-refractivity contribution >= 4 is 91.7 Å². The van der Waals surface area contributed by atoms with Crippen molar-refractivity contribution in [2.45, 2.75) is 0 Å². The number of anilines is 3. The first-order valence-corrected chi connectivity index (χ1v) is 19.3. The highest BCUT2D eigenvalue weighted by atomic mass is 32.1. The first-order chi connectivity index (χ1) is 26.8. The number of rotatable bonds is 5. The van der Waals surface area contributed by atoms with Gasteiger partial charge in [0.25, 0.3) is 0 Å². The van der Waals surface area contributed by atoms with E-state index in [1.165, 1.54) is 91.2 Å². The fourth-order valence-corrected chi connectivity index (χ4v) is 9.71. The van der Waals surface area contributed by atoms with Gasteiger partial charge >= 0.3 is 0 Å². The Balaban J connectivity index is 1.05. The van der Waals surface area contributed by atoms with Gasteiger partial charge in [0.1, 0.15) is 0 Å². The van der Waals surface area contributed by atoms with Gasteiger partial charge in [-0.15, -0.1) is 11.3 Å². The summed E-state index contributed by atoms with van der Waals surface area (Å²) >= 11 is 1.90.